The van der Waals surface area contributed by atoms with Crippen molar-refractivity contribution in [1.29, 1.82) is 5.26 Å². The zero-order chi connectivity index (χ0) is 12.4. The third-order valence-corrected chi connectivity index (χ3v) is 4.59. The van der Waals surface area contributed by atoms with E-state index in [-0.39, 0.29) is 17.3 Å². The first kappa shape index (κ1) is 14.6. The third kappa shape index (κ3) is 2.77. The summed E-state index contributed by atoms with van der Waals surface area (Å²) in [5.74, 6) is 3.60. The van der Waals surface area contributed by atoms with Crippen molar-refractivity contribution in [3.8, 4) is 5.97 Å². The van der Waals surface area contributed by atoms with Gasteiger partial charge in [0, 0.05) is 6.71 Å². The van der Waals surface area contributed by atoms with Crippen molar-refractivity contribution in [2.75, 3.05) is 0 Å². The molecule has 0 amide bonds. The van der Waals surface area contributed by atoms with Gasteiger partial charge in [0.15, 0.2) is 0 Å². The van der Waals surface area contributed by atoms with Crippen LogP contribution in [-0.2, 0) is 0 Å². The van der Waals surface area contributed by atoms with Gasteiger partial charge in [-0.3, -0.25) is 5.26 Å². The number of nitrogens with zero attached hydrogens (tertiary/aromatic N) is 1. The Hall–Kier alpha value is -0.445. The maximum atomic E-state index is 9.45. The first-order chi connectivity index (χ1) is 6.58. The molecule has 0 aromatic heterocycles. The monoisotopic (exact) mass is 207 g/mol. The lowest BCUT2D eigenvalue weighted by Gasteiger charge is -2.54. The summed E-state index contributed by atoms with van der Waals surface area (Å²) in [6.07, 6.45) is 0. The fraction of sp³-hybridized carbons (Fsp3) is 0.923. The Kier molecular flexibility index (Phi) is 4.46. The van der Waals surface area contributed by atoms with Crippen LogP contribution in [-0.4, -0.2) is 6.71 Å². The highest BCUT2D eigenvalue weighted by Gasteiger charge is 2.34. The molecule has 0 saturated carbocycles. The van der Waals surface area contributed by atoms with Crippen LogP contribution in [0.3, 0.4) is 0 Å². The van der Waals surface area contributed by atoms with Gasteiger partial charge in [-0.1, -0.05) is 67.2 Å². The molecule has 0 fully saturated rings. The first-order valence-corrected chi connectivity index (χ1v) is 5.98. The number of hydrogen-bond acceptors (Lipinski definition) is 1. The molecule has 0 bridgehead atoms. The standard InChI is InChI=1S/C13H26BN/c1-10(2)12(5,6)14(9-15)13(7,8)11(3)4/h10-11H,1-8H3/q-1. The Labute approximate surface area is 96.3 Å². The van der Waals surface area contributed by atoms with Crippen LogP contribution >= 0.6 is 0 Å². The van der Waals surface area contributed by atoms with Crippen molar-refractivity contribution in [2.24, 2.45) is 11.8 Å². The van der Waals surface area contributed by atoms with E-state index in [4.69, 9.17) is 0 Å². The molecule has 0 atom stereocenters. The second kappa shape index (κ2) is 4.60. The predicted molar refractivity (Wildman–Crippen MR) is 69.1 cm³/mol. The summed E-state index contributed by atoms with van der Waals surface area (Å²) in [4.78, 5) is 0. The van der Waals surface area contributed by atoms with Crippen molar-refractivity contribution in [2.45, 2.75) is 66.0 Å². The van der Waals surface area contributed by atoms with Crippen molar-refractivity contribution in [1.82, 2.24) is 0 Å². The molecule has 0 unspecified atom stereocenters. The van der Waals surface area contributed by atoms with Crippen LogP contribution in [0.5, 0.6) is 0 Å². The van der Waals surface area contributed by atoms with E-state index in [0.29, 0.717) is 11.8 Å². The Balaban J connectivity index is 5.19. The molecule has 15 heavy (non-hydrogen) atoms. The summed E-state index contributed by atoms with van der Waals surface area (Å²) in [6, 6.07) is 0. The molecule has 87 valence electrons. The van der Waals surface area contributed by atoms with E-state index in [1.807, 2.05) is 0 Å². The number of hydrogen-bond donors (Lipinski definition) is 0. The summed E-state index contributed by atoms with van der Waals surface area (Å²) < 4.78 is 0. The van der Waals surface area contributed by atoms with Crippen LogP contribution in [0.4, 0.5) is 0 Å². The zero-order valence-electron chi connectivity index (χ0n) is 11.7. The Morgan fingerprint density at radius 2 is 1.13 bits per heavy atom. The van der Waals surface area contributed by atoms with Crippen LogP contribution in [0.1, 0.15) is 55.4 Å². The Morgan fingerprint density at radius 3 is 1.27 bits per heavy atom. The van der Waals surface area contributed by atoms with E-state index in [2.05, 4.69) is 61.4 Å². The van der Waals surface area contributed by atoms with Crippen molar-refractivity contribution >= 4 is 6.71 Å². The SMILES string of the molecule is CC(C)C(C)(C)[B-](C#N)C(C)(C)C(C)C. The minimum Gasteiger partial charge on any atom is -0.253 e. The summed E-state index contributed by atoms with van der Waals surface area (Å²) >= 11 is 0. The van der Waals surface area contributed by atoms with Crippen LogP contribution in [0.2, 0.25) is 10.6 Å². The summed E-state index contributed by atoms with van der Waals surface area (Å²) in [6.45, 7) is 17.8. The molecule has 0 spiro atoms. The van der Waals surface area contributed by atoms with Gasteiger partial charge in [-0.15, -0.1) is 0 Å². The van der Waals surface area contributed by atoms with Gasteiger partial charge in [-0.05, 0) is 0 Å². The summed E-state index contributed by atoms with van der Waals surface area (Å²) in [7, 11) is 0. The maximum absolute atomic E-state index is 9.45. The molecule has 0 aromatic carbocycles. The van der Waals surface area contributed by atoms with Gasteiger partial charge < -0.3 is 0 Å². The van der Waals surface area contributed by atoms with Gasteiger partial charge in [-0.25, -0.2) is 0 Å². The Morgan fingerprint density at radius 1 is 0.867 bits per heavy atom. The zero-order valence-corrected chi connectivity index (χ0v) is 11.7. The third-order valence-electron chi connectivity index (χ3n) is 4.59. The van der Waals surface area contributed by atoms with E-state index < -0.39 is 0 Å². The van der Waals surface area contributed by atoms with Crippen LogP contribution < -0.4 is 0 Å². The first-order valence-electron chi connectivity index (χ1n) is 5.98. The average molecular weight is 207 g/mol. The highest BCUT2D eigenvalue weighted by atomic mass is 14.3. The molecule has 2 heteroatoms. The van der Waals surface area contributed by atoms with E-state index in [1.54, 1.807) is 0 Å². The number of rotatable bonds is 4. The number of nitriles is 1. The Bertz CT molecular complexity index is 226. The molecule has 0 aliphatic rings. The van der Waals surface area contributed by atoms with Gasteiger partial charge in [0.1, 0.15) is 0 Å². The van der Waals surface area contributed by atoms with Crippen molar-refractivity contribution in [3.63, 3.8) is 0 Å². The fourth-order valence-electron chi connectivity index (χ4n) is 1.96. The quantitative estimate of drug-likeness (QED) is 0.626. The minimum atomic E-state index is 0.0719. The molecule has 0 rings (SSSR count). The molecular formula is C13H26BN-. The lowest BCUT2D eigenvalue weighted by molar-refractivity contribution is 0.409. The van der Waals surface area contributed by atoms with E-state index >= 15 is 0 Å². The predicted octanol–water partition coefficient (Wildman–Crippen LogP) is 4.42. The topological polar surface area (TPSA) is 23.8 Å². The molecule has 0 aliphatic carbocycles. The van der Waals surface area contributed by atoms with Gasteiger partial charge in [0.25, 0.3) is 0 Å². The molecule has 0 N–H and O–H groups in total. The van der Waals surface area contributed by atoms with Gasteiger partial charge in [-0.2, -0.15) is 16.6 Å². The summed E-state index contributed by atoms with van der Waals surface area (Å²) in [5.41, 5.74) is 0. The average Bonchev–Trinajstić information content (AvgIpc) is 2.03. The molecule has 0 heterocycles. The van der Waals surface area contributed by atoms with E-state index in [9.17, 15) is 5.26 Å². The largest absolute Gasteiger partial charge is 0.253 e. The normalized spacial score (nSPS) is 13.7. The van der Waals surface area contributed by atoms with Crippen LogP contribution in [0.25, 0.3) is 0 Å². The smallest absolute Gasteiger partial charge is 0.00103 e. The lowest BCUT2D eigenvalue weighted by Crippen LogP contribution is -2.42. The molecular weight excluding hydrogens is 181 g/mol. The van der Waals surface area contributed by atoms with Crippen molar-refractivity contribution < 1.29 is 0 Å². The van der Waals surface area contributed by atoms with E-state index in [0.717, 1.165) is 0 Å². The van der Waals surface area contributed by atoms with E-state index in [1.165, 1.54) is 0 Å². The van der Waals surface area contributed by atoms with Gasteiger partial charge in [0.2, 0.25) is 0 Å². The molecule has 0 saturated heterocycles. The molecule has 0 aromatic rings. The van der Waals surface area contributed by atoms with Crippen LogP contribution in [0.15, 0.2) is 0 Å². The maximum Gasteiger partial charge on any atom is 0.00103 e. The van der Waals surface area contributed by atoms with Gasteiger partial charge >= 0.3 is 0 Å². The van der Waals surface area contributed by atoms with Crippen LogP contribution in [0, 0.1) is 23.1 Å². The highest BCUT2D eigenvalue weighted by molar-refractivity contribution is 6.72. The lowest BCUT2D eigenvalue weighted by atomic mass is 9.21. The molecule has 1 radical (unpaired) electrons. The van der Waals surface area contributed by atoms with Crippen molar-refractivity contribution in [3.05, 3.63) is 0 Å². The highest BCUT2D eigenvalue weighted by Crippen LogP contribution is 2.50. The second-order valence-corrected chi connectivity index (χ2v) is 6.51. The second-order valence-electron chi connectivity index (χ2n) is 6.51. The molecule has 1 nitrogen and oxygen atoms in total. The fourth-order valence-corrected chi connectivity index (χ4v) is 1.96. The summed E-state index contributed by atoms with van der Waals surface area (Å²) in [5, 5.41) is 9.59. The molecule has 0 aliphatic heterocycles. The minimum absolute atomic E-state index is 0.0719. The van der Waals surface area contributed by atoms with Gasteiger partial charge in [0.05, 0.1) is 0 Å².